The van der Waals surface area contributed by atoms with Gasteiger partial charge >= 0.3 is 0 Å². The number of rotatable bonds is 1. The maximum Gasteiger partial charge on any atom is 0.276 e. The Bertz CT molecular complexity index is 125. The molecule has 0 radical (unpaired) electrons. The average molecular weight is 150 g/mol. The Morgan fingerprint density at radius 2 is 2.10 bits per heavy atom. The van der Waals surface area contributed by atoms with Crippen LogP contribution < -0.4 is 5.32 Å². The molecule has 1 heterocycles. The van der Waals surface area contributed by atoms with E-state index in [-0.39, 0.29) is 6.54 Å². The summed E-state index contributed by atoms with van der Waals surface area (Å²) >= 11 is 0. The van der Waals surface area contributed by atoms with Gasteiger partial charge in [0.25, 0.3) is 5.92 Å². The molecule has 0 spiro atoms. The van der Waals surface area contributed by atoms with E-state index in [1.807, 2.05) is 0 Å². The summed E-state index contributed by atoms with van der Waals surface area (Å²) in [6, 6.07) is -0.632. The highest BCUT2D eigenvalue weighted by atomic mass is 19.3. The molecule has 0 aromatic carbocycles. The molecule has 0 bridgehead atoms. The molecular weight excluding hydrogens is 138 g/mol. The number of nitrogens with zero attached hydrogens (tertiary/aromatic N) is 1. The summed E-state index contributed by atoms with van der Waals surface area (Å²) in [4.78, 5) is 1.56. The Balaban J connectivity index is 2.59. The van der Waals surface area contributed by atoms with Crippen LogP contribution in [0.4, 0.5) is 8.78 Å². The molecule has 1 aliphatic rings. The third kappa shape index (κ3) is 1.27. The van der Waals surface area contributed by atoms with Crippen LogP contribution in [0.3, 0.4) is 0 Å². The first-order chi connectivity index (χ1) is 4.54. The van der Waals surface area contributed by atoms with Crippen LogP contribution >= 0.6 is 0 Å². The monoisotopic (exact) mass is 150 g/mol. The van der Waals surface area contributed by atoms with Crippen molar-refractivity contribution in [3.63, 3.8) is 0 Å². The Hall–Kier alpha value is -0.220. The highest BCUT2D eigenvalue weighted by Gasteiger charge is 2.44. The van der Waals surface area contributed by atoms with Gasteiger partial charge in [0, 0.05) is 6.54 Å². The van der Waals surface area contributed by atoms with Gasteiger partial charge in [-0.15, -0.1) is 0 Å². The van der Waals surface area contributed by atoms with Gasteiger partial charge in [0.05, 0.1) is 12.6 Å². The molecule has 0 aromatic rings. The van der Waals surface area contributed by atoms with Gasteiger partial charge in [-0.1, -0.05) is 0 Å². The van der Waals surface area contributed by atoms with E-state index in [0.29, 0.717) is 6.54 Å². The Morgan fingerprint density at radius 3 is 2.30 bits per heavy atom. The number of alkyl halides is 2. The maximum atomic E-state index is 12.8. The highest BCUT2D eigenvalue weighted by Crippen LogP contribution is 2.24. The van der Waals surface area contributed by atoms with Crippen molar-refractivity contribution in [1.29, 1.82) is 0 Å². The standard InChI is InChI=1S/C6H12F2N2/c1-10(2)5-3-9-4-6(5,7)8/h5,9H,3-4H2,1-2H3/t5-/m0/s1. The van der Waals surface area contributed by atoms with Crippen molar-refractivity contribution in [3.05, 3.63) is 0 Å². The predicted octanol–water partition coefficient (Wildman–Crippen LogP) is 0.155. The second-order valence-corrected chi connectivity index (χ2v) is 2.87. The molecule has 0 aliphatic carbocycles. The van der Waals surface area contributed by atoms with E-state index in [4.69, 9.17) is 0 Å². The third-order valence-electron chi connectivity index (χ3n) is 1.81. The van der Waals surface area contributed by atoms with Gasteiger partial charge in [0.2, 0.25) is 0 Å². The Kier molecular flexibility index (Phi) is 1.92. The van der Waals surface area contributed by atoms with E-state index in [0.717, 1.165) is 0 Å². The van der Waals surface area contributed by atoms with Crippen LogP contribution in [0.2, 0.25) is 0 Å². The minimum Gasteiger partial charge on any atom is -0.309 e. The van der Waals surface area contributed by atoms with Crippen molar-refractivity contribution in [2.24, 2.45) is 0 Å². The summed E-state index contributed by atoms with van der Waals surface area (Å²) < 4.78 is 25.5. The van der Waals surface area contributed by atoms with Crippen molar-refractivity contribution >= 4 is 0 Å². The van der Waals surface area contributed by atoms with Gasteiger partial charge in [-0.2, -0.15) is 0 Å². The zero-order valence-corrected chi connectivity index (χ0v) is 6.19. The minimum absolute atomic E-state index is 0.185. The first-order valence-corrected chi connectivity index (χ1v) is 3.29. The molecule has 1 rings (SSSR count). The lowest BCUT2D eigenvalue weighted by atomic mass is 10.2. The van der Waals surface area contributed by atoms with E-state index in [1.165, 1.54) is 0 Å². The molecule has 2 nitrogen and oxygen atoms in total. The predicted molar refractivity (Wildman–Crippen MR) is 35.3 cm³/mol. The first-order valence-electron chi connectivity index (χ1n) is 3.29. The zero-order valence-electron chi connectivity index (χ0n) is 6.19. The summed E-state index contributed by atoms with van der Waals surface area (Å²) in [5.74, 6) is -2.55. The smallest absolute Gasteiger partial charge is 0.276 e. The molecule has 0 aromatic heterocycles. The van der Waals surface area contributed by atoms with Gasteiger partial charge < -0.3 is 5.32 Å². The van der Waals surface area contributed by atoms with Gasteiger partial charge in [-0.3, -0.25) is 4.90 Å². The highest BCUT2D eigenvalue weighted by molar-refractivity contribution is 4.92. The van der Waals surface area contributed by atoms with Gasteiger partial charge in [0.1, 0.15) is 0 Å². The fourth-order valence-electron chi connectivity index (χ4n) is 1.20. The van der Waals surface area contributed by atoms with E-state index < -0.39 is 12.0 Å². The summed E-state index contributed by atoms with van der Waals surface area (Å²) in [6.07, 6.45) is 0. The van der Waals surface area contributed by atoms with E-state index in [2.05, 4.69) is 5.32 Å². The number of hydrogen-bond donors (Lipinski definition) is 1. The van der Waals surface area contributed by atoms with Crippen LogP contribution in [-0.2, 0) is 0 Å². The summed E-state index contributed by atoms with van der Waals surface area (Å²) in [5, 5.41) is 2.65. The van der Waals surface area contributed by atoms with Crippen LogP contribution in [0.25, 0.3) is 0 Å². The molecular formula is C6H12F2N2. The molecule has 4 heteroatoms. The van der Waals surface area contributed by atoms with Crippen LogP contribution in [0.15, 0.2) is 0 Å². The molecule has 1 N–H and O–H groups in total. The second-order valence-electron chi connectivity index (χ2n) is 2.87. The molecule has 1 saturated heterocycles. The molecule has 0 saturated carbocycles. The van der Waals surface area contributed by atoms with Gasteiger partial charge in [-0.05, 0) is 14.1 Å². The van der Waals surface area contributed by atoms with Crippen LogP contribution in [0.5, 0.6) is 0 Å². The van der Waals surface area contributed by atoms with Crippen LogP contribution in [0.1, 0.15) is 0 Å². The normalized spacial score (nSPS) is 31.5. The number of hydrogen-bond acceptors (Lipinski definition) is 2. The summed E-state index contributed by atoms with van der Waals surface area (Å²) in [7, 11) is 3.34. The Morgan fingerprint density at radius 1 is 1.50 bits per heavy atom. The van der Waals surface area contributed by atoms with E-state index in [1.54, 1.807) is 19.0 Å². The van der Waals surface area contributed by atoms with E-state index >= 15 is 0 Å². The molecule has 0 unspecified atom stereocenters. The minimum atomic E-state index is -2.55. The molecule has 1 aliphatic heterocycles. The van der Waals surface area contributed by atoms with Crippen molar-refractivity contribution < 1.29 is 8.78 Å². The molecule has 1 fully saturated rings. The lowest BCUT2D eigenvalue weighted by Crippen LogP contribution is -2.42. The Labute approximate surface area is 59.2 Å². The van der Waals surface area contributed by atoms with Gasteiger partial charge in [0.15, 0.2) is 0 Å². The summed E-state index contributed by atoms with van der Waals surface area (Å²) in [6.45, 7) is 0.204. The van der Waals surface area contributed by atoms with Crippen molar-refractivity contribution in [3.8, 4) is 0 Å². The van der Waals surface area contributed by atoms with Crippen molar-refractivity contribution in [1.82, 2.24) is 10.2 Å². The van der Waals surface area contributed by atoms with Crippen molar-refractivity contribution in [2.75, 3.05) is 27.2 Å². The fourth-order valence-corrected chi connectivity index (χ4v) is 1.20. The summed E-state index contributed by atoms with van der Waals surface area (Å²) in [5.41, 5.74) is 0. The molecule has 60 valence electrons. The molecule has 10 heavy (non-hydrogen) atoms. The average Bonchev–Trinajstić information content (AvgIpc) is 2.08. The quantitative estimate of drug-likeness (QED) is 0.572. The number of likely N-dealkylation sites (N-methyl/N-ethyl adjacent to an activating group) is 1. The van der Waals surface area contributed by atoms with Crippen LogP contribution in [-0.4, -0.2) is 44.0 Å². The first kappa shape index (κ1) is 7.88. The second kappa shape index (κ2) is 2.43. The molecule has 1 atom stereocenters. The lowest BCUT2D eigenvalue weighted by molar-refractivity contribution is -0.0341. The van der Waals surface area contributed by atoms with Crippen LogP contribution in [0, 0.1) is 0 Å². The number of nitrogens with one attached hydrogen (secondary N) is 1. The lowest BCUT2D eigenvalue weighted by Gasteiger charge is -2.24. The third-order valence-corrected chi connectivity index (χ3v) is 1.81. The number of halogens is 2. The topological polar surface area (TPSA) is 15.3 Å². The zero-order chi connectivity index (χ0) is 7.78. The van der Waals surface area contributed by atoms with Crippen molar-refractivity contribution in [2.45, 2.75) is 12.0 Å². The maximum absolute atomic E-state index is 12.8. The molecule has 0 amide bonds. The SMILES string of the molecule is CN(C)[C@H]1CNCC1(F)F. The largest absolute Gasteiger partial charge is 0.309 e. The fraction of sp³-hybridized carbons (Fsp3) is 1.00. The van der Waals surface area contributed by atoms with E-state index in [9.17, 15) is 8.78 Å². The van der Waals surface area contributed by atoms with Gasteiger partial charge in [-0.25, -0.2) is 8.78 Å².